The quantitative estimate of drug-likeness (QED) is 0.750. The smallest absolute Gasteiger partial charge is 0.305 e. The maximum Gasteiger partial charge on any atom is 0.305 e. The summed E-state index contributed by atoms with van der Waals surface area (Å²) in [5.74, 6) is -3.05. The van der Waals surface area contributed by atoms with Crippen molar-refractivity contribution in [2.45, 2.75) is 38.8 Å². The van der Waals surface area contributed by atoms with Gasteiger partial charge in [0.25, 0.3) is 5.91 Å². The number of benzene rings is 1. The summed E-state index contributed by atoms with van der Waals surface area (Å²) >= 11 is 0. The Morgan fingerprint density at radius 3 is 2.71 bits per heavy atom. The molecule has 1 saturated carbocycles. The number of carbonyl (C=O) groups is 2. The predicted molar refractivity (Wildman–Crippen MR) is 82.2 cm³/mol. The number of carboxylic acids is 1. The molecule has 0 bridgehead atoms. The predicted octanol–water partition coefficient (Wildman–Crippen LogP) is 2.58. The van der Waals surface area contributed by atoms with Crippen LogP contribution in [0.2, 0.25) is 0 Å². The molecule has 1 aromatic rings. The molecule has 0 radical (unpaired) electrons. The molecule has 1 fully saturated rings. The van der Waals surface area contributed by atoms with Crippen molar-refractivity contribution in [3.8, 4) is 0 Å². The van der Waals surface area contributed by atoms with Crippen LogP contribution >= 0.6 is 0 Å². The first-order valence-electron chi connectivity index (χ1n) is 7.93. The number of carbonyl (C=O) groups excluding carboxylic acids is 1. The van der Waals surface area contributed by atoms with Crippen molar-refractivity contribution < 1.29 is 28.2 Å². The van der Waals surface area contributed by atoms with E-state index in [1.54, 1.807) is 6.92 Å². The summed E-state index contributed by atoms with van der Waals surface area (Å²) in [5, 5.41) is 8.83. The van der Waals surface area contributed by atoms with Crippen LogP contribution in [0, 0.1) is 17.6 Å². The molecule has 5 nitrogen and oxygen atoms in total. The van der Waals surface area contributed by atoms with Gasteiger partial charge in [-0.1, -0.05) is 12.1 Å². The largest absolute Gasteiger partial charge is 0.481 e. The fourth-order valence-corrected chi connectivity index (χ4v) is 2.27. The van der Waals surface area contributed by atoms with Crippen molar-refractivity contribution in [3.63, 3.8) is 0 Å². The molecule has 1 amide bonds. The Morgan fingerprint density at radius 1 is 1.38 bits per heavy atom. The molecule has 0 saturated heterocycles. The Labute approximate surface area is 139 Å². The average molecular weight is 341 g/mol. The van der Waals surface area contributed by atoms with Crippen molar-refractivity contribution >= 4 is 11.9 Å². The van der Waals surface area contributed by atoms with Gasteiger partial charge in [0.2, 0.25) is 0 Å². The van der Waals surface area contributed by atoms with Crippen LogP contribution in [0.25, 0.3) is 0 Å². The van der Waals surface area contributed by atoms with Gasteiger partial charge >= 0.3 is 5.97 Å². The number of halogens is 2. The zero-order valence-electron chi connectivity index (χ0n) is 13.5. The third kappa shape index (κ3) is 5.26. The number of hydrogen-bond donors (Lipinski definition) is 1. The number of ether oxygens (including phenoxy) is 1. The number of aliphatic carboxylic acids is 1. The molecule has 132 valence electrons. The van der Waals surface area contributed by atoms with E-state index in [2.05, 4.69) is 0 Å². The molecule has 1 aromatic carbocycles. The molecule has 1 aliphatic rings. The Kier molecular flexibility index (Phi) is 6.25. The zero-order valence-corrected chi connectivity index (χ0v) is 13.5. The van der Waals surface area contributed by atoms with E-state index in [9.17, 15) is 18.4 Å². The van der Waals surface area contributed by atoms with E-state index in [4.69, 9.17) is 9.84 Å². The highest BCUT2D eigenvalue weighted by Crippen LogP contribution is 2.29. The maximum absolute atomic E-state index is 13.8. The normalized spacial score (nSPS) is 15.1. The molecule has 1 N–H and O–H groups in total. The first-order valence-corrected chi connectivity index (χ1v) is 7.93. The first-order chi connectivity index (χ1) is 11.4. The zero-order chi connectivity index (χ0) is 17.7. The molecule has 2 rings (SSSR count). The molecular formula is C17H21F2NO4. The minimum absolute atomic E-state index is 0.00290. The summed E-state index contributed by atoms with van der Waals surface area (Å²) in [6, 6.07) is 3.71. The SMILES string of the molecule is CC(OCC1CC1)C(=O)N(CCC(=O)O)Cc1cccc(F)c1F. The monoisotopic (exact) mass is 341 g/mol. The van der Waals surface area contributed by atoms with Gasteiger partial charge in [-0.3, -0.25) is 9.59 Å². The number of nitrogens with zero attached hydrogens (tertiary/aromatic N) is 1. The Hall–Kier alpha value is -2.02. The summed E-state index contributed by atoms with van der Waals surface area (Å²) in [6.45, 7) is 1.77. The summed E-state index contributed by atoms with van der Waals surface area (Å²) in [7, 11) is 0. The minimum atomic E-state index is -1.07. The van der Waals surface area contributed by atoms with E-state index in [1.165, 1.54) is 17.0 Å². The molecule has 24 heavy (non-hydrogen) atoms. The van der Waals surface area contributed by atoms with E-state index in [1.807, 2.05) is 0 Å². The second-order valence-corrected chi connectivity index (χ2v) is 6.04. The first kappa shape index (κ1) is 18.3. The van der Waals surface area contributed by atoms with Crippen molar-refractivity contribution in [3.05, 3.63) is 35.4 Å². The van der Waals surface area contributed by atoms with Gasteiger partial charge in [0.15, 0.2) is 11.6 Å². The Bertz CT molecular complexity index is 604. The van der Waals surface area contributed by atoms with E-state index in [-0.39, 0.29) is 25.1 Å². The highest BCUT2D eigenvalue weighted by molar-refractivity contribution is 5.81. The van der Waals surface area contributed by atoms with E-state index >= 15 is 0 Å². The van der Waals surface area contributed by atoms with Crippen LogP contribution in [-0.2, 0) is 20.9 Å². The fourth-order valence-electron chi connectivity index (χ4n) is 2.27. The topological polar surface area (TPSA) is 66.8 Å². The molecule has 0 aromatic heterocycles. The van der Waals surface area contributed by atoms with Gasteiger partial charge in [-0.15, -0.1) is 0 Å². The van der Waals surface area contributed by atoms with Gasteiger partial charge in [-0.25, -0.2) is 8.78 Å². The number of amides is 1. The van der Waals surface area contributed by atoms with Crippen molar-refractivity contribution in [2.24, 2.45) is 5.92 Å². The van der Waals surface area contributed by atoms with Crippen molar-refractivity contribution in [1.29, 1.82) is 0 Å². The van der Waals surface area contributed by atoms with Crippen LogP contribution < -0.4 is 0 Å². The van der Waals surface area contributed by atoms with Gasteiger partial charge in [-0.2, -0.15) is 0 Å². The van der Waals surface area contributed by atoms with Gasteiger partial charge in [0.1, 0.15) is 6.10 Å². The standard InChI is InChI=1S/C17H21F2NO4/c1-11(24-10-12-5-6-12)17(23)20(8-7-15(21)22)9-13-3-2-4-14(18)16(13)19/h2-4,11-12H,5-10H2,1H3,(H,21,22). The lowest BCUT2D eigenvalue weighted by molar-refractivity contribution is -0.145. The maximum atomic E-state index is 13.8. The van der Waals surface area contributed by atoms with Crippen LogP contribution in [-0.4, -0.2) is 41.1 Å². The second-order valence-electron chi connectivity index (χ2n) is 6.04. The third-order valence-corrected chi connectivity index (χ3v) is 3.93. The fraction of sp³-hybridized carbons (Fsp3) is 0.529. The van der Waals surface area contributed by atoms with Gasteiger partial charge in [0.05, 0.1) is 13.0 Å². The van der Waals surface area contributed by atoms with E-state index in [0.717, 1.165) is 18.9 Å². The Morgan fingerprint density at radius 2 is 2.08 bits per heavy atom. The van der Waals surface area contributed by atoms with E-state index in [0.29, 0.717) is 12.5 Å². The van der Waals surface area contributed by atoms with Gasteiger partial charge in [0, 0.05) is 18.7 Å². The second kappa shape index (κ2) is 8.19. The molecule has 1 atom stereocenters. The molecule has 1 aliphatic carbocycles. The van der Waals surface area contributed by atoms with Gasteiger partial charge < -0.3 is 14.7 Å². The van der Waals surface area contributed by atoms with Crippen LogP contribution in [0.5, 0.6) is 0 Å². The highest BCUT2D eigenvalue weighted by atomic mass is 19.2. The van der Waals surface area contributed by atoms with Crippen LogP contribution in [0.3, 0.4) is 0 Å². The lowest BCUT2D eigenvalue weighted by atomic mass is 10.1. The lowest BCUT2D eigenvalue weighted by Gasteiger charge is -2.25. The number of rotatable bonds is 9. The molecule has 1 unspecified atom stereocenters. The Balaban J connectivity index is 2.05. The van der Waals surface area contributed by atoms with Crippen LogP contribution in [0.4, 0.5) is 8.78 Å². The summed E-state index contributed by atoms with van der Waals surface area (Å²) in [6.07, 6.45) is 1.13. The molecule has 0 heterocycles. The van der Waals surface area contributed by atoms with E-state index < -0.39 is 29.6 Å². The molecule has 0 spiro atoms. The molecular weight excluding hydrogens is 320 g/mol. The van der Waals surface area contributed by atoms with Crippen molar-refractivity contribution in [2.75, 3.05) is 13.2 Å². The molecule has 7 heteroatoms. The summed E-state index contributed by atoms with van der Waals surface area (Å²) in [5.41, 5.74) is 0.00290. The third-order valence-electron chi connectivity index (χ3n) is 3.93. The van der Waals surface area contributed by atoms with Crippen LogP contribution in [0.15, 0.2) is 18.2 Å². The minimum Gasteiger partial charge on any atom is -0.481 e. The average Bonchev–Trinajstić information content (AvgIpc) is 3.36. The highest BCUT2D eigenvalue weighted by Gasteiger charge is 2.27. The number of carboxylic acid groups (broad SMARTS) is 1. The van der Waals surface area contributed by atoms with Crippen molar-refractivity contribution in [1.82, 2.24) is 4.90 Å². The van der Waals surface area contributed by atoms with Crippen LogP contribution in [0.1, 0.15) is 31.7 Å². The summed E-state index contributed by atoms with van der Waals surface area (Å²) < 4.78 is 32.7. The van der Waals surface area contributed by atoms with Gasteiger partial charge in [-0.05, 0) is 31.7 Å². The lowest BCUT2D eigenvalue weighted by Crippen LogP contribution is -2.40. The molecule has 0 aliphatic heterocycles. The number of hydrogen-bond acceptors (Lipinski definition) is 3. The summed E-state index contributed by atoms with van der Waals surface area (Å²) in [4.78, 5) is 24.5.